The van der Waals surface area contributed by atoms with Crippen LogP contribution in [0, 0.1) is 4.77 Å². The van der Waals surface area contributed by atoms with Crippen LogP contribution >= 0.6 is 12.2 Å². The fourth-order valence-electron chi connectivity index (χ4n) is 3.51. The van der Waals surface area contributed by atoms with Gasteiger partial charge in [0.15, 0.2) is 4.77 Å². The van der Waals surface area contributed by atoms with Gasteiger partial charge in [-0.1, -0.05) is 0 Å². The molecule has 0 N–H and O–H groups in total. The van der Waals surface area contributed by atoms with E-state index in [1.165, 1.54) is 6.42 Å². The van der Waals surface area contributed by atoms with E-state index in [4.69, 9.17) is 12.2 Å². The van der Waals surface area contributed by atoms with E-state index in [-0.39, 0.29) is 0 Å². The first-order valence-electron chi connectivity index (χ1n) is 9.41. The Hall–Kier alpha value is -1.25. The van der Waals surface area contributed by atoms with E-state index >= 15 is 0 Å². The van der Waals surface area contributed by atoms with Gasteiger partial charge in [0.05, 0.1) is 13.2 Å². The molecular formula is C17H30N6OS. The van der Waals surface area contributed by atoms with Crippen molar-refractivity contribution in [3.05, 3.63) is 11.1 Å². The topological polar surface area (TPSA) is 49.5 Å². The van der Waals surface area contributed by atoms with E-state index in [9.17, 15) is 4.79 Å². The van der Waals surface area contributed by atoms with Crippen LogP contribution in [0.1, 0.15) is 39.2 Å². The Morgan fingerprint density at radius 2 is 1.72 bits per heavy atom. The van der Waals surface area contributed by atoms with Gasteiger partial charge in [0.2, 0.25) is 5.91 Å². The van der Waals surface area contributed by atoms with Crippen molar-refractivity contribution in [2.24, 2.45) is 0 Å². The van der Waals surface area contributed by atoms with Crippen LogP contribution in [0.5, 0.6) is 0 Å². The van der Waals surface area contributed by atoms with E-state index in [2.05, 4.69) is 28.7 Å². The summed E-state index contributed by atoms with van der Waals surface area (Å²) in [6, 6.07) is 0.332. The van der Waals surface area contributed by atoms with E-state index in [0.29, 0.717) is 18.5 Å². The third-order valence-corrected chi connectivity index (χ3v) is 5.60. The van der Waals surface area contributed by atoms with Gasteiger partial charge >= 0.3 is 0 Å². The van der Waals surface area contributed by atoms with Gasteiger partial charge < -0.3 is 9.47 Å². The molecule has 0 radical (unpaired) electrons. The van der Waals surface area contributed by atoms with E-state index in [0.717, 1.165) is 63.5 Å². The van der Waals surface area contributed by atoms with Crippen LogP contribution in [-0.4, -0.2) is 80.8 Å². The van der Waals surface area contributed by atoms with Gasteiger partial charge in [0.1, 0.15) is 6.33 Å². The average molecular weight is 367 g/mol. The molecule has 0 bridgehead atoms. The molecule has 7 nitrogen and oxygen atoms in total. The van der Waals surface area contributed by atoms with Crippen LogP contribution in [0.4, 0.5) is 0 Å². The number of likely N-dealkylation sites (tertiary alicyclic amines) is 1. The van der Waals surface area contributed by atoms with E-state index in [1.54, 1.807) is 0 Å². The number of nitrogens with zero attached hydrogens (tertiary/aromatic N) is 6. The number of carbonyl (C=O) groups is 1. The fourth-order valence-corrected chi connectivity index (χ4v) is 3.88. The van der Waals surface area contributed by atoms with Crippen molar-refractivity contribution in [1.82, 2.24) is 29.0 Å². The van der Waals surface area contributed by atoms with Gasteiger partial charge in [-0.25, -0.2) is 4.68 Å². The minimum atomic E-state index is 0.297. The summed E-state index contributed by atoms with van der Waals surface area (Å²) >= 11 is 5.50. The van der Waals surface area contributed by atoms with Gasteiger partial charge in [-0.3, -0.25) is 14.6 Å². The highest BCUT2D eigenvalue weighted by Gasteiger charge is 2.23. The van der Waals surface area contributed by atoms with Crippen molar-refractivity contribution in [2.45, 2.75) is 45.8 Å². The lowest BCUT2D eigenvalue weighted by molar-refractivity contribution is -0.133. The molecule has 0 unspecified atom stereocenters. The third kappa shape index (κ3) is 4.68. The molecule has 0 aromatic carbocycles. The second-order valence-electron chi connectivity index (χ2n) is 7.39. The molecule has 0 aliphatic carbocycles. The van der Waals surface area contributed by atoms with Crippen LogP contribution < -0.4 is 0 Å². The number of hydrogen-bond acceptors (Lipinski definition) is 5. The van der Waals surface area contributed by atoms with Gasteiger partial charge in [-0.15, -0.1) is 0 Å². The molecule has 1 amide bonds. The monoisotopic (exact) mass is 366 g/mol. The minimum Gasteiger partial charge on any atom is -0.342 e. The average Bonchev–Trinajstić information content (AvgIpc) is 2.98. The number of hydrogen-bond donors (Lipinski definition) is 0. The molecule has 2 saturated heterocycles. The maximum absolute atomic E-state index is 12.4. The van der Waals surface area contributed by atoms with Gasteiger partial charge in [0.25, 0.3) is 0 Å². The largest absolute Gasteiger partial charge is 0.342 e. The van der Waals surface area contributed by atoms with Crippen LogP contribution in [0.3, 0.4) is 0 Å². The molecule has 25 heavy (non-hydrogen) atoms. The molecule has 1 aromatic heterocycles. The maximum atomic E-state index is 12.4. The summed E-state index contributed by atoms with van der Waals surface area (Å²) in [5, 5.41) is 4.42. The number of rotatable bonds is 5. The molecule has 3 rings (SSSR count). The zero-order chi connectivity index (χ0) is 17.8. The van der Waals surface area contributed by atoms with Crippen LogP contribution in [0.15, 0.2) is 6.33 Å². The lowest BCUT2D eigenvalue weighted by Crippen LogP contribution is -2.50. The summed E-state index contributed by atoms with van der Waals surface area (Å²) in [6.07, 6.45) is 5.39. The lowest BCUT2D eigenvalue weighted by Gasteiger charge is -2.35. The lowest BCUT2D eigenvalue weighted by atomic mass is 10.1. The van der Waals surface area contributed by atoms with Crippen molar-refractivity contribution in [2.75, 3.05) is 45.8 Å². The molecule has 140 valence electrons. The molecular weight excluding hydrogens is 336 g/mol. The predicted molar refractivity (Wildman–Crippen MR) is 99.9 cm³/mol. The zero-order valence-electron chi connectivity index (χ0n) is 15.4. The molecule has 1 aromatic rings. The van der Waals surface area contributed by atoms with Crippen molar-refractivity contribution in [3.8, 4) is 0 Å². The Labute approximate surface area is 155 Å². The summed E-state index contributed by atoms with van der Waals surface area (Å²) in [4.78, 5) is 19.1. The highest BCUT2D eigenvalue weighted by molar-refractivity contribution is 7.71. The summed E-state index contributed by atoms with van der Waals surface area (Å²) < 4.78 is 4.69. The number of amides is 1. The highest BCUT2D eigenvalue weighted by atomic mass is 32.1. The summed E-state index contributed by atoms with van der Waals surface area (Å²) in [7, 11) is 0. The standard InChI is InChI=1S/C17H30N6OS/c1-15(2)22-13-18-23(17(22)25)14-20-10-8-19(9-11-20)12-16(24)21-6-4-3-5-7-21/h13,15H,3-12,14H2,1-2H3. The second-order valence-corrected chi connectivity index (χ2v) is 7.76. The van der Waals surface area contributed by atoms with Crippen molar-refractivity contribution in [1.29, 1.82) is 0 Å². The predicted octanol–water partition coefficient (Wildman–Crippen LogP) is 1.58. The van der Waals surface area contributed by atoms with Gasteiger partial charge in [-0.2, -0.15) is 5.10 Å². The molecule has 0 saturated carbocycles. The summed E-state index contributed by atoms with van der Waals surface area (Å²) in [6.45, 7) is 11.1. The Balaban J connectivity index is 1.45. The molecule has 3 heterocycles. The van der Waals surface area contributed by atoms with Crippen molar-refractivity contribution < 1.29 is 4.79 Å². The quantitative estimate of drug-likeness (QED) is 0.741. The Kier molecular flexibility index (Phi) is 6.24. The van der Waals surface area contributed by atoms with Crippen molar-refractivity contribution >= 4 is 18.1 Å². The smallest absolute Gasteiger partial charge is 0.236 e. The minimum absolute atomic E-state index is 0.297. The molecule has 0 spiro atoms. The highest BCUT2D eigenvalue weighted by Crippen LogP contribution is 2.11. The van der Waals surface area contributed by atoms with Crippen LogP contribution in [0.25, 0.3) is 0 Å². The first kappa shape index (κ1) is 18.5. The van der Waals surface area contributed by atoms with Crippen LogP contribution in [0.2, 0.25) is 0 Å². The van der Waals surface area contributed by atoms with Gasteiger partial charge in [0, 0.05) is 45.3 Å². The zero-order valence-corrected chi connectivity index (χ0v) is 16.2. The third-order valence-electron chi connectivity index (χ3n) is 5.18. The fraction of sp³-hybridized carbons (Fsp3) is 0.824. The number of piperazine rings is 1. The number of piperidine rings is 1. The Morgan fingerprint density at radius 3 is 2.32 bits per heavy atom. The van der Waals surface area contributed by atoms with Gasteiger partial charge in [-0.05, 0) is 45.3 Å². The number of aromatic nitrogens is 3. The first-order chi connectivity index (χ1) is 12.0. The maximum Gasteiger partial charge on any atom is 0.236 e. The Morgan fingerprint density at radius 1 is 1.08 bits per heavy atom. The molecule has 2 aliphatic heterocycles. The van der Waals surface area contributed by atoms with Crippen molar-refractivity contribution in [3.63, 3.8) is 0 Å². The summed E-state index contributed by atoms with van der Waals surface area (Å²) in [5.41, 5.74) is 0. The van der Waals surface area contributed by atoms with E-state index in [1.807, 2.05) is 20.5 Å². The first-order valence-corrected chi connectivity index (χ1v) is 9.82. The second kappa shape index (κ2) is 8.42. The molecule has 2 aliphatic rings. The normalized spacial score (nSPS) is 20.4. The molecule has 0 atom stereocenters. The molecule has 2 fully saturated rings. The Bertz CT molecular complexity index is 625. The molecule has 8 heteroatoms. The van der Waals surface area contributed by atoms with E-state index < -0.39 is 0 Å². The number of carbonyl (C=O) groups excluding carboxylic acids is 1. The summed E-state index contributed by atoms with van der Waals surface area (Å²) in [5.74, 6) is 0.297. The SMILES string of the molecule is CC(C)n1cnn(CN2CCN(CC(=O)N3CCCCC3)CC2)c1=S. The van der Waals surface area contributed by atoms with Crippen LogP contribution in [-0.2, 0) is 11.5 Å².